The number of nitrogens with one attached hydrogen (secondary N) is 2. The van der Waals surface area contributed by atoms with Gasteiger partial charge in [-0.3, -0.25) is 4.79 Å². The van der Waals surface area contributed by atoms with Crippen LogP contribution in [0.15, 0.2) is 24.4 Å². The molecule has 0 saturated carbocycles. The van der Waals surface area contributed by atoms with Crippen LogP contribution in [0, 0.1) is 6.92 Å². The van der Waals surface area contributed by atoms with Crippen molar-refractivity contribution in [2.45, 2.75) is 13.3 Å². The monoisotopic (exact) mass is 326 g/mol. The van der Waals surface area contributed by atoms with E-state index in [-0.39, 0.29) is 17.7 Å². The number of rotatable bonds is 4. The van der Waals surface area contributed by atoms with E-state index in [4.69, 9.17) is 28.3 Å². The van der Waals surface area contributed by atoms with Crippen molar-refractivity contribution in [1.29, 1.82) is 0 Å². The van der Waals surface area contributed by atoms with Gasteiger partial charge in [0.1, 0.15) is 5.56 Å². The van der Waals surface area contributed by atoms with E-state index >= 15 is 0 Å². The molecule has 2 rings (SSSR count). The summed E-state index contributed by atoms with van der Waals surface area (Å²) in [5.41, 5.74) is 1.22. The third kappa shape index (κ3) is 3.37. The molecule has 110 valence electrons. The Labute approximate surface area is 130 Å². The number of hydrogen-bond acceptors (Lipinski definition) is 2. The van der Waals surface area contributed by atoms with E-state index < -0.39 is 11.9 Å². The van der Waals surface area contributed by atoms with E-state index in [1.807, 2.05) is 0 Å². The molecule has 1 amide bonds. The van der Waals surface area contributed by atoms with Crippen LogP contribution in [0.1, 0.15) is 21.6 Å². The maximum absolute atomic E-state index is 12.0. The Morgan fingerprint density at radius 1 is 1.29 bits per heavy atom. The summed E-state index contributed by atoms with van der Waals surface area (Å²) in [6.45, 7) is 1.62. The molecule has 1 aromatic carbocycles. The summed E-state index contributed by atoms with van der Waals surface area (Å²) in [5, 5.41) is 12.4. The van der Waals surface area contributed by atoms with Gasteiger partial charge in [-0.25, -0.2) is 4.79 Å². The van der Waals surface area contributed by atoms with Gasteiger partial charge in [0.25, 0.3) is 0 Å². The molecule has 0 radical (unpaired) electrons. The highest BCUT2D eigenvalue weighted by Gasteiger charge is 2.18. The lowest BCUT2D eigenvalue weighted by molar-refractivity contribution is -0.115. The molecule has 7 heteroatoms. The number of halogens is 2. The second-order valence-corrected chi connectivity index (χ2v) is 5.25. The van der Waals surface area contributed by atoms with E-state index in [9.17, 15) is 9.59 Å². The Bertz CT molecular complexity index is 690. The molecule has 0 unspecified atom stereocenters. The minimum Gasteiger partial charge on any atom is -0.478 e. The van der Waals surface area contributed by atoms with E-state index in [1.165, 1.54) is 6.20 Å². The molecule has 3 N–H and O–H groups in total. The van der Waals surface area contributed by atoms with Gasteiger partial charge in [0, 0.05) is 21.9 Å². The number of aromatic amines is 1. The molecule has 5 nitrogen and oxygen atoms in total. The van der Waals surface area contributed by atoms with Gasteiger partial charge in [0.15, 0.2) is 0 Å². The van der Waals surface area contributed by atoms with Crippen molar-refractivity contribution in [3.05, 3.63) is 51.3 Å². The Kier molecular flexibility index (Phi) is 4.55. The van der Waals surface area contributed by atoms with Crippen LogP contribution in [0.5, 0.6) is 0 Å². The first-order chi connectivity index (χ1) is 9.90. The largest absolute Gasteiger partial charge is 0.478 e. The second-order valence-electron chi connectivity index (χ2n) is 4.43. The van der Waals surface area contributed by atoms with Gasteiger partial charge in [-0.15, -0.1) is 0 Å². The molecule has 1 aromatic heterocycles. The van der Waals surface area contributed by atoms with Crippen molar-refractivity contribution < 1.29 is 14.7 Å². The Balaban J connectivity index is 2.18. The summed E-state index contributed by atoms with van der Waals surface area (Å²) in [7, 11) is 0. The molecule has 0 spiro atoms. The highest BCUT2D eigenvalue weighted by atomic mass is 35.5. The fourth-order valence-corrected chi connectivity index (χ4v) is 2.49. The van der Waals surface area contributed by atoms with Crippen molar-refractivity contribution in [2.24, 2.45) is 0 Å². The number of carboxylic acids is 1. The van der Waals surface area contributed by atoms with E-state index in [1.54, 1.807) is 25.1 Å². The van der Waals surface area contributed by atoms with Crippen LogP contribution in [-0.4, -0.2) is 22.0 Å². The van der Waals surface area contributed by atoms with Crippen molar-refractivity contribution in [3.63, 3.8) is 0 Å². The number of aromatic nitrogens is 1. The summed E-state index contributed by atoms with van der Waals surface area (Å²) < 4.78 is 0. The maximum Gasteiger partial charge on any atom is 0.339 e. The first-order valence-electron chi connectivity index (χ1n) is 6.04. The zero-order valence-electron chi connectivity index (χ0n) is 11.0. The van der Waals surface area contributed by atoms with Crippen molar-refractivity contribution >= 4 is 40.8 Å². The van der Waals surface area contributed by atoms with Gasteiger partial charge in [-0.1, -0.05) is 29.3 Å². The van der Waals surface area contributed by atoms with Crippen molar-refractivity contribution in [2.75, 3.05) is 5.32 Å². The quantitative estimate of drug-likeness (QED) is 0.804. The summed E-state index contributed by atoms with van der Waals surface area (Å²) in [5.74, 6) is -1.51. The van der Waals surface area contributed by atoms with E-state index in [0.29, 0.717) is 21.3 Å². The highest BCUT2D eigenvalue weighted by Crippen LogP contribution is 2.25. The average Bonchev–Trinajstić information content (AvgIpc) is 2.75. The van der Waals surface area contributed by atoms with Crippen molar-refractivity contribution in [1.82, 2.24) is 4.98 Å². The van der Waals surface area contributed by atoms with Gasteiger partial charge in [0.2, 0.25) is 5.91 Å². The standard InChI is InChI=1S/C14H12Cl2N2O3/c1-7-13(14(20)21)11(6-17-7)18-12(19)5-8-9(15)3-2-4-10(8)16/h2-4,6,17H,5H2,1H3,(H,18,19)(H,20,21). The predicted octanol–water partition coefficient (Wildman–Crippen LogP) is 3.51. The predicted molar refractivity (Wildman–Crippen MR) is 81.3 cm³/mol. The Hall–Kier alpha value is -1.98. The zero-order valence-corrected chi connectivity index (χ0v) is 12.5. The van der Waals surface area contributed by atoms with Crippen LogP contribution in [0.2, 0.25) is 10.0 Å². The van der Waals surface area contributed by atoms with Gasteiger partial charge < -0.3 is 15.4 Å². The molecule has 0 aliphatic rings. The molecule has 2 aromatic rings. The number of hydrogen-bond donors (Lipinski definition) is 3. The number of benzene rings is 1. The molecular weight excluding hydrogens is 315 g/mol. The number of aryl methyl sites for hydroxylation is 1. The summed E-state index contributed by atoms with van der Waals surface area (Å²) in [6, 6.07) is 4.96. The fraction of sp³-hybridized carbons (Fsp3) is 0.143. The van der Waals surface area contributed by atoms with E-state index in [0.717, 1.165) is 0 Å². The average molecular weight is 327 g/mol. The van der Waals surface area contributed by atoms with Crippen LogP contribution >= 0.6 is 23.2 Å². The van der Waals surface area contributed by atoms with E-state index in [2.05, 4.69) is 10.3 Å². The number of carbonyl (C=O) groups is 2. The summed E-state index contributed by atoms with van der Waals surface area (Å²) in [6.07, 6.45) is 1.40. The minimum atomic E-state index is -1.11. The number of amides is 1. The maximum atomic E-state index is 12.0. The molecular formula is C14H12Cl2N2O3. The lowest BCUT2D eigenvalue weighted by Gasteiger charge is -2.08. The minimum absolute atomic E-state index is 0.0357. The van der Waals surface area contributed by atoms with Crippen LogP contribution in [-0.2, 0) is 11.2 Å². The van der Waals surface area contributed by atoms with Gasteiger partial charge in [-0.05, 0) is 24.6 Å². The van der Waals surface area contributed by atoms with Crippen molar-refractivity contribution in [3.8, 4) is 0 Å². The smallest absolute Gasteiger partial charge is 0.339 e. The number of aromatic carboxylic acids is 1. The normalized spacial score (nSPS) is 10.4. The van der Waals surface area contributed by atoms with Gasteiger partial charge in [-0.2, -0.15) is 0 Å². The molecule has 21 heavy (non-hydrogen) atoms. The Morgan fingerprint density at radius 2 is 1.90 bits per heavy atom. The highest BCUT2D eigenvalue weighted by molar-refractivity contribution is 6.36. The zero-order chi connectivity index (χ0) is 15.6. The third-order valence-electron chi connectivity index (χ3n) is 2.96. The number of anilines is 1. The molecule has 0 fully saturated rings. The van der Waals surface area contributed by atoms with Gasteiger partial charge >= 0.3 is 5.97 Å². The third-order valence-corrected chi connectivity index (χ3v) is 3.67. The number of carbonyl (C=O) groups excluding carboxylic acids is 1. The molecule has 0 atom stereocenters. The second kappa shape index (κ2) is 6.20. The van der Waals surface area contributed by atoms with Gasteiger partial charge in [0.05, 0.1) is 12.1 Å². The summed E-state index contributed by atoms with van der Waals surface area (Å²) in [4.78, 5) is 25.9. The van der Waals surface area contributed by atoms with Crippen LogP contribution < -0.4 is 5.32 Å². The first-order valence-corrected chi connectivity index (χ1v) is 6.79. The SMILES string of the molecule is Cc1[nH]cc(NC(=O)Cc2c(Cl)cccc2Cl)c1C(=O)O. The van der Waals surface area contributed by atoms with Crippen LogP contribution in [0.3, 0.4) is 0 Å². The molecule has 1 heterocycles. The first kappa shape index (κ1) is 15.4. The molecule has 0 bridgehead atoms. The fourth-order valence-electron chi connectivity index (χ4n) is 1.96. The summed E-state index contributed by atoms with van der Waals surface area (Å²) >= 11 is 12.0. The lowest BCUT2D eigenvalue weighted by Crippen LogP contribution is -2.16. The molecule has 0 saturated heterocycles. The van der Waals surface area contributed by atoms with Crippen LogP contribution in [0.4, 0.5) is 5.69 Å². The topological polar surface area (TPSA) is 82.2 Å². The number of carboxylic acid groups (broad SMARTS) is 1. The van der Waals surface area contributed by atoms with Crippen LogP contribution in [0.25, 0.3) is 0 Å². The lowest BCUT2D eigenvalue weighted by atomic mass is 10.1. The molecule has 0 aliphatic carbocycles. The Morgan fingerprint density at radius 3 is 2.48 bits per heavy atom. The molecule has 0 aliphatic heterocycles. The number of H-pyrrole nitrogens is 1.